The van der Waals surface area contributed by atoms with Gasteiger partial charge in [0.1, 0.15) is 0 Å². The number of hydrogen-bond acceptors (Lipinski definition) is 2. The maximum Gasteiger partial charge on any atom is 0.0699 e. The van der Waals surface area contributed by atoms with Crippen molar-refractivity contribution in [3.63, 3.8) is 0 Å². The molecule has 1 aliphatic carbocycles. The SMILES string of the molecule is Clc1ccc([C@@H](NC[C@H]2CCCCO2)C2CC2)cc1. The molecule has 0 amide bonds. The van der Waals surface area contributed by atoms with Crippen molar-refractivity contribution in [1.29, 1.82) is 0 Å². The minimum absolute atomic E-state index is 0.405. The van der Waals surface area contributed by atoms with E-state index in [0.717, 1.165) is 24.1 Å². The Kier molecular flexibility index (Phi) is 4.42. The zero-order chi connectivity index (χ0) is 13.1. The van der Waals surface area contributed by atoms with Gasteiger partial charge in [0.15, 0.2) is 0 Å². The van der Waals surface area contributed by atoms with Crippen LogP contribution in [0.15, 0.2) is 24.3 Å². The quantitative estimate of drug-likeness (QED) is 0.881. The van der Waals surface area contributed by atoms with Crippen molar-refractivity contribution in [2.24, 2.45) is 5.92 Å². The predicted octanol–water partition coefficient (Wildman–Crippen LogP) is 3.95. The molecule has 19 heavy (non-hydrogen) atoms. The van der Waals surface area contributed by atoms with Crippen molar-refractivity contribution in [2.75, 3.05) is 13.2 Å². The van der Waals surface area contributed by atoms with Crippen LogP contribution in [0.5, 0.6) is 0 Å². The van der Waals surface area contributed by atoms with Gasteiger partial charge < -0.3 is 10.1 Å². The third kappa shape index (κ3) is 3.71. The van der Waals surface area contributed by atoms with Gasteiger partial charge in [0.05, 0.1) is 6.10 Å². The molecule has 1 saturated carbocycles. The highest BCUT2D eigenvalue weighted by Crippen LogP contribution is 2.41. The molecule has 1 aromatic rings. The van der Waals surface area contributed by atoms with E-state index in [1.165, 1.54) is 37.7 Å². The van der Waals surface area contributed by atoms with Crippen LogP contribution >= 0.6 is 11.6 Å². The summed E-state index contributed by atoms with van der Waals surface area (Å²) in [5, 5.41) is 4.53. The van der Waals surface area contributed by atoms with Gasteiger partial charge in [-0.3, -0.25) is 0 Å². The Hall–Kier alpha value is -0.570. The van der Waals surface area contributed by atoms with Crippen LogP contribution in [0.3, 0.4) is 0 Å². The van der Waals surface area contributed by atoms with E-state index in [4.69, 9.17) is 16.3 Å². The number of ether oxygens (including phenoxy) is 1. The third-order valence-electron chi connectivity index (χ3n) is 4.16. The number of benzene rings is 1. The zero-order valence-corrected chi connectivity index (χ0v) is 12.0. The first-order valence-corrected chi connectivity index (χ1v) is 7.81. The summed E-state index contributed by atoms with van der Waals surface area (Å²) in [5.74, 6) is 0.796. The Balaban J connectivity index is 1.59. The van der Waals surface area contributed by atoms with Crippen LogP contribution in [0.2, 0.25) is 5.02 Å². The van der Waals surface area contributed by atoms with Gasteiger partial charge in [-0.1, -0.05) is 23.7 Å². The molecule has 0 bridgehead atoms. The molecule has 1 saturated heterocycles. The smallest absolute Gasteiger partial charge is 0.0699 e. The molecule has 3 heteroatoms. The highest BCUT2D eigenvalue weighted by Gasteiger charge is 2.32. The van der Waals surface area contributed by atoms with Crippen molar-refractivity contribution in [3.8, 4) is 0 Å². The van der Waals surface area contributed by atoms with Crippen LogP contribution in [0, 0.1) is 5.92 Å². The number of hydrogen-bond donors (Lipinski definition) is 1. The Morgan fingerprint density at radius 1 is 1.16 bits per heavy atom. The summed E-state index contributed by atoms with van der Waals surface area (Å²) in [6.45, 7) is 1.91. The lowest BCUT2D eigenvalue weighted by atomic mass is 10.0. The summed E-state index contributed by atoms with van der Waals surface area (Å²) in [6, 6.07) is 8.76. The molecule has 2 nitrogen and oxygen atoms in total. The Bertz CT molecular complexity index is 396. The standard InChI is InChI=1S/C16H22ClNO/c17-14-8-6-13(7-9-14)16(12-4-5-12)18-11-15-3-1-2-10-19-15/h6-9,12,15-16,18H,1-5,10-11H2/t15-,16+/m1/s1. The average Bonchev–Trinajstić information content (AvgIpc) is 3.27. The van der Waals surface area contributed by atoms with E-state index in [9.17, 15) is 0 Å². The van der Waals surface area contributed by atoms with Gasteiger partial charge >= 0.3 is 0 Å². The Morgan fingerprint density at radius 3 is 2.58 bits per heavy atom. The minimum Gasteiger partial charge on any atom is -0.377 e. The molecule has 0 radical (unpaired) electrons. The Labute approximate surface area is 120 Å². The second kappa shape index (κ2) is 6.25. The minimum atomic E-state index is 0.405. The van der Waals surface area contributed by atoms with Gasteiger partial charge in [-0.25, -0.2) is 0 Å². The van der Waals surface area contributed by atoms with Crippen molar-refractivity contribution in [3.05, 3.63) is 34.9 Å². The van der Waals surface area contributed by atoms with Gasteiger partial charge in [0.25, 0.3) is 0 Å². The summed E-state index contributed by atoms with van der Waals surface area (Å²) in [6.07, 6.45) is 6.81. The lowest BCUT2D eigenvalue weighted by Gasteiger charge is -2.26. The second-order valence-corrected chi connectivity index (χ2v) is 6.20. The normalized spacial score (nSPS) is 25.2. The molecule has 1 aromatic carbocycles. The molecule has 3 rings (SSSR count). The van der Waals surface area contributed by atoms with Gasteiger partial charge in [-0.2, -0.15) is 0 Å². The molecule has 104 valence electrons. The summed E-state index contributed by atoms with van der Waals surface area (Å²) in [5.41, 5.74) is 1.36. The van der Waals surface area contributed by atoms with E-state index in [1.807, 2.05) is 12.1 Å². The molecule has 0 unspecified atom stereocenters. The van der Waals surface area contributed by atoms with Crippen LogP contribution in [0.1, 0.15) is 43.7 Å². The largest absolute Gasteiger partial charge is 0.377 e. The monoisotopic (exact) mass is 279 g/mol. The molecule has 2 atom stereocenters. The van der Waals surface area contributed by atoms with E-state index in [0.29, 0.717) is 12.1 Å². The molecular weight excluding hydrogens is 258 g/mol. The molecule has 1 heterocycles. The fraction of sp³-hybridized carbons (Fsp3) is 0.625. The van der Waals surface area contributed by atoms with Crippen molar-refractivity contribution in [1.82, 2.24) is 5.32 Å². The average molecular weight is 280 g/mol. The Morgan fingerprint density at radius 2 is 1.95 bits per heavy atom. The highest BCUT2D eigenvalue weighted by molar-refractivity contribution is 6.30. The summed E-state index contributed by atoms with van der Waals surface area (Å²) in [7, 11) is 0. The van der Waals surface area contributed by atoms with Crippen molar-refractivity contribution < 1.29 is 4.74 Å². The van der Waals surface area contributed by atoms with Crippen molar-refractivity contribution >= 4 is 11.6 Å². The van der Waals surface area contributed by atoms with Gasteiger partial charge in [-0.05, 0) is 55.7 Å². The van der Waals surface area contributed by atoms with E-state index in [2.05, 4.69) is 17.4 Å². The topological polar surface area (TPSA) is 21.3 Å². The number of nitrogens with one attached hydrogen (secondary N) is 1. The van der Waals surface area contributed by atoms with Crippen LogP contribution < -0.4 is 5.32 Å². The predicted molar refractivity (Wildman–Crippen MR) is 78.5 cm³/mol. The maximum atomic E-state index is 5.97. The lowest BCUT2D eigenvalue weighted by molar-refractivity contribution is 0.0149. The van der Waals surface area contributed by atoms with Crippen LogP contribution in [-0.2, 0) is 4.74 Å². The maximum absolute atomic E-state index is 5.97. The van der Waals surface area contributed by atoms with E-state index in [1.54, 1.807) is 0 Å². The fourth-order valence-electron chi connectivity index (χ4n) is 2.88. The summed E-state index contributed by atoms with van der Waals surface area (Å²) < 4.78 is 5.80. The second-order valence-electron chi connectivity index (χ2n) is 5.76. The third-order valence-corrected chi connectivity index (χ3v) is 4.41. The molecule has 1 N–H and O–H groups in total. The van der Waals surface area contributed by atoms with E-state index >= 15 is 0 Å². The van der Waals surface area contributed by atoms with Crippen molar-refractivity contribution in [2.45, 2.75) is 44.2 Å². The molecule has 1 aliphatic heterocycles. The summed E-state index contributed by atoms with van der Waals surface area (Å²) in [4.78, 5) is 0. The highest BCUT2D eigenvalue weighted by atomic mass is 35.5. The molecule has 2 aliphatic rings. The van der Waals surface area contributed by atoms with Gasteiger partial charge in [-0.15, -0.1) is 0 Å². The molecule has 0 aromatic heterocycles. The molecule has 2 fully saturated rings. The van der Waals surface area contributed by atoms with E-state index < -0.39 is 0 Å². The van der Waals surface area contributed by atoms with E-state index in [-0.39, 0.29) is 0 Å². The van der Waals surface area contributed by atoms with Gasteiger partial charge in [0.2, 0.25) is 0 Å². The first kappa shape index (κ1) is 13.4. The zero-order valence-electron chi connectivity index (χ0n) is 11.3. The first-order chi connectivity index (χ1) is 9.33. The van der Waals surface area contributed by atoms with Crippen LogP contribution in [0.4, 0.5) is 0 Å². The fourth-order valence-corrected chi connectivity index (χ4v) is 3.01. The number of rotatable bonds is 5. The van der Waals surface area contributed by atoms with Gasteiger partial charge in [0, 0.05) is 24.2 Å². The lowest BCUT2D eigenvalue weighted by Crippen LogP contribution is -2.34. The molecule has 0 spiro atoms. The molecular formula is C16H22ClNO. The number of halogens is 1. The first-order valence-electron chi connectivity index (χ1n) is 7.43. The summed E-state index contributed by atoms with van der Waals surface area (Å²) >= 11 is 5.97. The van der Waals surface area contributed by atoms with Crippen LogP contribution in [0.25, 0.3) is 0 Å². The van der Waals surface area contributed by atoms with Crippen LogP contribution in [-0.4, -0.2) is 19.3 Å².